The number of urea groups is 1. The molecule has 1 aromatic carbocycles. The molecule has 2 saturated heterocycles. The second kappa shape index (κ2) is 8.27. The lowest BCUT2D eigenvalue weighted by Gasteiger charge is -2.36. The quantitative estimate of drug-likeness (QED) is 0.812. The Labute approximate surface area is 156 Å². The number of amides is 2. The van der Waals surface area contributed by atoms with Gasteiger partial charge in [0, 0.05) is 38.8 Å². The van der Waals surface area contributed by atoms with Gasteiger partial charge in [0.25, 0.3) is 0 Å². The van der Waals surface area contributed by atoms with Gasteiger partial charge in [-0.2, -0.15) is 0 Å². The zero-order chi connectivity index (χ0) is 18.7. The first-order chi connectivity index (χ1) is 12.5. The number of ether oxygens (including phenoxy) is 1. The van der Waals surface area contributed by atoms with Gasteiger partial charge < -0.3 is 25.0 Å². The molecule has 26 heavy (non-hydrogen) atoms. The molecule has 0 bridgehead atoms. The summed E-state index contributed by atoms with van der Waals surface area (Å²) >= 11 is 0. The number of β-amino-alcohol motifs (C(OH)–C–C–N with tert-alkyl or cyclic N) is 1. The molecule has 2 heterocycles. The lowest BCUT2D eigenvalue weighted by Crippen LogP contribution is -2.48. The number of hydrogen-bond donors (Lipinski definition) is 2. The Morgan fingerprint density at radius 1 is 1.19 bits per heavy atom. The number of piperidine rings is 1. The van der Waals surface area contributed by atoms with Crippen molar-refractivity contribution >= 4 is 6.03 Å². The van der Waals surface area contributed by atoms with Crippen molar-refractivity contribution in [2.24, 2.45) is 0 Å². The molecule has 0 saturated carbocycles. The summed E-state index contributed by atoms with van der Waals surface area (Å²) in [6, 6.07) is 4.56. The summed E-state index contributed by atoms with van der Waals surface area (Å²) < 4.78 is 5.93. The van der Waals surface area contributed by atoms with Crippen LogP contribution in [0.25, 0.3) is 0 Å². The van der Waals surface area contributed by atoms with Gasteiger partial charge in [-0.1, -0.05) is 12.1 Å². The van der Waals surface area contributed by atoms with Crippen molar-refractivity contribution in [1.82, 2.24) is 15.1 Å². The normalized spacial score (nSPS) is 20.3. The molecule has 1 unspecified atom stereocenters. The molecule has 1 aromatic rings. The molecule has 1 atom stereocenters. The Bertz CT molecular complexity index is 641. The number of aliphatic hydroxyl groups excluding tert-OH is 1. The molecule has 2 fully saturated rings. The molecular weight excluding hydrogens is 330 g/mol. The van der Waals surface area contributed by atoms with Gasteiger partial charge in [-0.05, 0) is 50.3 Å². The van der Waals surface area contributed by atoms with Gasteiger partial charge >= 0.3 is 6.03 Å². The van der Waals surface area contributed by atoms with Gasteiger partial charge in [-0.25, -0.2) is 4.79 Å². The fourth-order valence-electron chi connectivity index (χ4n) is 3.93. The predicted molar refractivity (Wildman–Crippen MR) is 102 cm³/mol. The third-order valence-corrected chi connectivity index (χ3v) is 5.65. The summed E-state index contributed by atoms with van der Waals surface area (Å²) in [5, 5.41) is 13.3. The molecule has 0 radical (unpaired) electrons. The first-order valence-corrected chi connectivity index (χ1v) is 9.60. The van der Waals surface area contributed by atoms with E-state index in [-0.39, 0.29) is 6.03 Å². The minimum Gasteiger partial charge on any atom is -0.490 e. The maximum atomic E-state index is 11.8. The summed E-state index contributed by atoms with van der Waals surface area (Å²) in [6.07, 6.45) is 1.43. The molecule has 6 heteroatoms. The summed E-state index contributed by atoms with van der Waals surface area (Å²) in [4.78, 5) is 16.0. The lowest BCUT2D eigenvalue weighted by molar-refractivity contribution is 0.0505. The summed E-state index contributed by atoms with van der Waals surface area (Å²) in [5.41, 5.74) is 3.44. The molecule has 0 aromatic heterocycles. The topological polar surface area (TPSA) is 65.0 Å². The molecule has 2 N–H and O–H groups in total. The fourth-order valence-corrected chi connectivity index (χ4v) is 3.93. The minimum atomic E-state index is -0.513. The molecule has 0 aliphatic carbocycles. The number of likely N-dealkylation sites (tertiary alicyclic amines) is 1. The number of carbonyl (C=O) groups is 1. The van der Waals surface area contributed by atoms with Gasteiger partial charge in [0.15, 0.2) is 0 Å². The van der Waals surface area contributed by atoms with E-state index in [4.69, 9.17) is 4.74 Å². The Kier molecular flexibility index (Phi) is 6.04. The van der Waals surface area contributed by atoms with E-state index in [0.717, 1.165) is 55.9 Å². The number of carbonyl (C=O) groups excluding carboxylic acids is 1. The lowest BCUT2D eigenvalue weighted by atomic mass is 10.0. The summed E-state index contributed by atoms with van der Waals surface area (Å²) in [5.74, 6) is 0.891. The van der Waals surface area contributed by atoms with Crippen LogP contribution in [0.5, 0.6) is 5.75 Å². The second-order valence-electron chi connectivity index (χ2n) is 7.58. The fraction of sp³-hybridized carbons (Fsp3) is 0.650. The van der Waals surface area contributed by atoms with Gasteiger partial charge in [0.05, 0.1) is 0 Å². The van der Waals surface area contributed by atoms with Crippen molar-refractivity contribution in [3.05, 3.63) is 28.8 Å². The number of nitrogens with zero attached hydrogens (tertiary/aromatic N) is 2. The number of aliphatic hydroxyl groups is 1. The number of hydrogen-bond acceptors (Lipinski definition) is 4. The number of nitrogens with one attached hydrogen (secondary N) is 1. The average Bonchev–Trinajstić information content (AvgIpc) is 3.05. The predicted octanol–water partition coefficient (Wildman–Crippen LogP) is 1.84. The van der Waals surface area contributed by atoms with E-state index in [1.807, 2.05) is 11.8 Å². The molecule has 2 aliphatic heterocycles. The molecule has 2 aliphatic rings. The Morgan fingerprint density at radius 2 is 1.88 bits per heavy atom. The van der Waals surface area contributed by atoms with Gasteiger partial charge in [0.2, 0.25) is 0 Å². The molecular formula is C20H31N3O3. The number of rotatable bonds is 6. The molecule has 144 valence electrons. The smallest absolute Gasteiger partial charge is 0.317 e. The van der Waals surface area contributed by atoms with Crippen LogP contribution in [-0.2, 0) is 0 Å². The number of aryl methyl sites for hydroxylation is 2. The van der Waals surface area contributed by atoms with Gasteiger partial charge in [-0.15, -0.1) is 0 Å². The standard InChI is InChI=1S/C20H31N3O3/c1-14-4-5-15(2)19(16(14)3)26-13-18(24)12-22-9-6-17(7-10-22)23-11-8-21-20(23)25/h4-5,17-18,24H,6-13H2,1-3H3,(H,21,25). The van der Waals surface area contributed by atoms with Crippen LogP contribution in [0.15, 0.2) is 12.1 Å². The van der Waals surface area contributed by atoms with Crippen molar-refractivity contribution in [2.45, 2.75) is 45.8 Å². The summed E-state index contributed by atoms with van der Waals surface area (Å²) in [7, 11) is 0. The van der Waals surface area contributed by atoms with Crippen LogP contribution in [0.1, 0.15) is 29.5 Å². The third-order valence-electron chi connectivity index (χ3n) is 5.65. The highest BCUT2D eigenvalue weighted by atomic mass is 16.5. The van der Waals surface area contributed by atoms with Crippen molar-refractivity contribution in [1.29, 1.82) is 0 Å². The monoisotopic (exact) mass is 361 g/mol. The van der Waals surface area contributed by atoms with Crippen LogP contribution < -0.4 is 10.1 Å². The van der Waals surface area contributed by atoms with Crippen molar-refractivity contribution in [3.63, 3.8) is 0 Å². The van der Waals surface area contributed by atoms with Crippen LogP contribution in [-0.4, -0.2) is 72.4 Å². The highest BCUT2D eigenvalue weighted by Crippen LogP contribution is 2.26. The zero-order valence-electron chi connectivity index (χ0n) is 16.1. The highest BCUT2D eigenvalue weighted by Gasteiger charge is 2.31. The largest absolute Gasteiger partial charge is 0.490 e. The number of benzene rings is 1. The van der Waals surface area contributed by atoms with Gasteiger partial charge in [0.1, 0.15) is 18.5 Å². The minimum absolute atomic E-state index is 0.0702. The first-order valence-electron chi connectivity index (χ1n) is 9.60. The molecule has 2 amide bonds. The van der Waals surface area contributed by atoms with E-state index >= 15 is 0 Å². The van der Waals surface area contributed by atoms with Crippen LogP contribution in [0, 0.1) is 20.8 Å². The maximum absolute atomic E-state index is 11.8. The van der Waals surface area contributed by atoms with Crippen LogP contribution in [0.3, 0.4) is 0 Å². The Morgan fingerprint density at radius 3 is 2.54 bits per heavy atom. The van der Waals surface area contributed by atoms with Crippen LogP contribution >= 0.6 is 0 Å². The highest BCUT2D eigenvalue weighted by molar-refractivity contribution is 5.76. The first kappa shape index (κ1) is 19.0. The Balaban J connectivity index is 1.44. The second-order valence-corrected chi connectivity index (χ2v) is 7.58. The van der Waals surface area contributed by atoms with Crippen molar-refractivity contribution in [2.75, 3.05) is 39.3 Å². The molecule has 6 nitrogen and oxygen atoms in total. The third kappa shape index (κ3) is 4.30. The van der Waals surface area contributed by atoms with Crippen molar-refractivity contribution in [3.8, 4) is 5.75 Å². The molecule has 3 rings (SSSR count). The van der Waals surface area contributed by atoms with E-state index in [9.17, 15) is 9.90 Å². The van der Waals surface area contributed by atoms with Crippen molar-refractivity contribution < 1.29 is 14.6 Å². The van der Waals surface area contributed by atoms with Crippen LogP contribution in [0.4, 0.5) is 4.79 Å². The van der Waals surface area contributed by atoms with E-state index < -0.39 is 6.10 Å². The SMILES string of the molecule is Cc1ccc(C)c(OCC(O)CN2CCC(N3CCNC3=O)CC2)c1C. The van der Waals surface area contributed by atoms with Gasteiger partial charge in [-0.3, -0.25) is 0 Å². The molecule has 0 spiro atoms. The maximum Gasteiger partial charge on any atom is 0.317 e. The Hall–Kier alpha value is -1.79. The summed E-state index contributed by atoms with van der Waals surface area (Å²) in [6.45, 7) is 10.5. The average molecular weight is 361 g/mol. The van der Waals surface area contributed by atoms with E-state index in [2.05, 4.69) is 36.2 Å². The van der Waals surface area contributed by atoms with Crippen LogP contribution in [0.2, 0.25) is 0 Å². The van der Waals surface area contributed by atoms with E-state index in [1.54, 1.807) is 0 Å². The van der Waals surface area contributed by atoms with E-state index in [0.29, 0.717) is 19.2 Å². The zero-order valence-corrected chi connectivity index (χ0v) is 16.1. The van der Waals surface area contributed by atoms with E-state index in [1.165, 1.54) is 5.56 Å².